The molecule has 3 N–H and O–H groups in total. The van der Waals surface area contributed by atoms with E-state index >= 15 is 0 Å². The SMILES string of the molecule is CCCOc1ccccc1[C@H](N)CC(=O)O. The number of aliphatic carboxylic acids is 1. The molecule has 1 rings (SSSR count). The highest BCUT2D eigenvalue weighted by atomic mass is 16.5. The second-order valence-corrected chi connectivity index (χ2v) is 3.59. The molecule has 1 aromatic carbocycles. The topological polar surface area (TPSA) is 72.5 Å². The quantitative estimate of drug-likeness (QED) is 0.773. The van der Waals surface area contributed by atoms with Gasteiger partial charge in [0.1, 0.15) is 5.75 Å². The molecular formula is C12H17NO3. The van der Waals surface area contributed by atoms with Crippen LogP contribution in [0.5, 0.6) is 5.75 Å². The van der Waals surface area contributed by atoms with Crippen molar-refractivity contribution in [3.05, 3.63) is 29.8 Å². The van der Waals surface area contributed by atoms with E-state index in [0.29, 0.717) is 12.4 Å². The van der Waals surface area contributed by atoms with Crippen LogP contribution in [0.1, 0.15) is 31.4 Å². The Balaban J connectivity index is 2.80. The highest BCUT2D eigenvalue weighted by molar-refractivity contribution is 5.68. The van der Waals surface area contributed by atoms with Gasteiger partial charge < -0.3 is 15.6 Å². The zero-order valence-electron chi connectivity index (χ0n) is 9.35. The van der Waals surface area contributed by atoms with Gasteiger partial charge >= 0.3 is 5.97 Å². The van der Waals surface area contributed by atoms with Crippen LogP contribution in [0.25, 0.3) is 0 Å². The molecule has 0 aliphatic rings. The van der Waals surface area contributed by atoms with Gasteiger partial charge in [-0.2, -0.15) is 0 Å². The van der Waals surface area contributed by atoms with Crippen molar-refractivity contribution in [1.29, 1.82) is 0 Å². The third-order valence-corrected chi connectivity index (χ3v) is 2.17. The standard InChI is InChI=1S/C12H17NO3/c1-2-7-16-11-6-4-3-5-9(11)10(13)8-12(14)15/h3-6,10H,2,7-8,13H2,1H3,(H,14,15)/t10-/m1/s1. The number of para-hydroxylation sites is 1. The average Bonchev–Trinajstić information content (AvgIpc) is 2.25. The molecule has 0 unspecified atom stereocenters. The summed E-state index contributed by atoms with van der Waals surface area (Å²) in [7, 11) is 0. The molecule has 0 aliphatic heterocycles. The molecule has 0 radical (unpaired) electrons. The number of carboxylic acids is 1. The van der Waals surface area contributed by atoms with Crippen molar-refractivity contribution in [2.45, 2.75) is 25.8 Å². The highest BCUT2D eigenvalue weighted by Crippen LogP contribution is 2.25. The Labute approximate surface area is 95.0 Å². The van der Waals surface area contributed by atoms with E-state index in [2.05, 4.69) is 0 Å². The van der Waals surface area contributed by atoms with Gasteiger partial charge in [-0.1, -0.05) is 25.1 Å². The number of carboxylic acid groups (broad SMARTS) is 1. The summed E-state index contributed by atoms with van der Waals surface area (Å²) in [5.74, 6) is -0.226. The molecular weight excluding hydrogens is 206 g/mol. The van der Waals surface area contributed by atoms with E-state index in [1.807, 2.05) is 25.1 Å². The molecule has 0 saturated carbocycles. The predicted molar refractivity (Wildman–Crippen MR) is 61.4 cm³/mol. The number of carbonyl (C=O) groups is 1. The molecule has 0 fully saturated rings. The number of rotatable bonds is 6. The van der Waals surface area contributed by atoms with Crippen LogP contribution in [0, 0.1) is 0 Å². The summed E-state index contributed by atoms with van der Waals surface area (Å²) in [6.45, 7) is 2.62. The van der Waals surface area contributed by atoms with Gasteiger partial charge in [0.15, 0.2) is 0 Å². The Morgan fingerprint density at radius 3 is 2.81 bits per heavy atom. The van der Waals surface area contributed by atoms with Crippen molar-refractivity contribution in [2.75, 3.05) is 6.61 Å². The van der Waals surface area contributed by atoms with Gasteiger partial charge in [0.25, 0.3) is 0 Å². The monoisotopic (exact) mass is 223 g/mol. The van der Waals surface area contributed by atoms with Crippen LogP contribution in [0.15, 0.2) is 24.3 Å². The lowest BCUT2D eigenvalue weighted by Crippen LogP contribution is -2.16. The van der Waals surface area contributed by atoms with Gasteiger partial charge in [-0.25, -0.2) is 0 Å². The summed E-state index contributed by atoms with van der Waals surface area (Å²) in [6, 6.07) is 6.77. The zero-order chi connectivity index (χ0) is 12.0. The highest BCUT2D eigenvalue weighted by Gasteiger charge is 2.14. The molecule has 1 aromatic rings. The molecule has 4 heteroatoms. The second kappa shape index (κ2) is 6.12. The molecule has 0 aromatic heterocycles. The molecule has 0 spiro atoms. The van der Waals surface area contributed by atoms with E-state index in [1.54, 1.807) is 6.07 Å². The zero-order valence-corrected chi connectivity index (χ0v) is 9.35. The smallest absolute Gasteiger partial charge is 0.305 e. The number of hydrogen-bond donors (Lipinski definition) is 2. The third-order valence-electron chi connectivity index (χ3n) is 2.17. The molecule has 0 amide bonds. The molecule has 0 heterocycles. The maximum atomic E-state index is 10.6. The Morgan fingerprint density at radius 1 is 1.50 bits per heavy atom. The van der Waals surface area contributed by atoms with Crippen LogP contribution in [-0.4, -0.2) is 17.7 Å². The van der Waals surface area contributed by atoms with Crippen molar-refractivity contribution >= 4 is 5.97 Å². The largest absolute Gasteiger partial charge is 0.493 e. The van der Waals surface area contributed by atoms with E-state index in [9.17, 15) is 4.79 Å². The normalized spacial score (nSPS) is 12.1. The summed E-state index contributed by atoms with van der Waals surface area (Å²) in [5.41, 5.74) is 6.56. The third kappa shape index (κ3) is 3.55. The van der Waals surface area contributed by atoms with Gasteiger partial charge in [-0.15, -0.1) is 0 Å². The first-order valence-corrected chi connectivity index (χ1v) is 5.34. The minimum atomic E-state index is -0.905. The van der Waals surface area contributed by atoms with Crippen LogP contribution in [0.4, 0.5) is 0 Å². The van der Waals surface area contributed by atoms with E-state index in [4.69, 9.17) is 15.6 Å². The van der Waals surface area contributed by atoms with E-state index in [1.165, 1.54) is 0 Å². The number of hydrogen-bond acceptors (Lipinski definition) is 3. The molecule has 0 saturated heterocycles. The minimum Gasteiger partial charge on any atom is -0.493 e. The Hall–Kier alpha value is -1.55. The van der Waals surface area contributed by atoms with Crippen molar-refractivity contribution in [3.8, 4) is 5.75 Å². The average molecular weight is 223 g/mol. The molecule has 88 valence electrons. The van der Waals surface area contributed by atoms with Gasteiger partial charge in [0.05, 0.1) is 13.0 Å². The number of ether oxygens (including phenoxy) is 1. The summed E-state index contributed by atoms with van der Waals surface area (Å²) in [4.78, 5) is 10.6. The lowest BCUT2D eigenvalue weighted by atomic mass is 10.0. The summed E-state index contributed by atoms with van der Waals surface area (Å²) >= 11 is 0. The fourth-order valence-corrected chi connectivity index (χ4v) is 1.43. The maximum absolute atomic E-state index is 10.6. The van der Waals surface area contributed by atoms with Crippen LogP contribution in [-0.2, 0) is 4.79 Å². The van der Waals surface area contributed by atoms with E-state index in [0.717, 1.165) is 12.0 Å². The van der Waals surface area contributed by atoms with Crippen LogP contribution >= 0.6 is 0 Å². The van der Waals surface area contributed by atoms with Crippen LogP contribution in [0.3, 0.4) is 0 Å². The maximum Gasteiger partial charge on any atom is 0.305 e. The Morgan fingerprint density at radius 2 is 2.19 bits per heavy atom. The number of benzene rings is 1. The molecule has 1 atom stereocenters. The van der Waals surface area contributed by atoms with Gasteiger partial charge in [-0.05, 0) is 12.5 Å². The van der Waals surface area contributed by atoms with Gasteiger partial charge in [0, 0.05) is 11.6 Å². The fourth-order valence-electron chi connectivity index (χ4n) is 1.43. The fraction of sp³-hybridized carbons (Fsp3) is 0.417. The first kappa shape index (κ1) is 12.5. The van der Waals surface area contributed by atoms with E-state index < -0.39 is 12.0 Å². The Kier molecular flexibility index (Phi) is 4.79. The number of nitrogens with two attached hydrogens (primary N) is 1. The van der Waals surface area contributed by atoms with Gasteiger partial charge in [0.2, 0.25) is 0 Å². The Bertz CT molecular complexity index is 352. The van der Waals surface area contributed by atoms with Crippen LogP contribution < -0.4 is 10.5 Å². The molecule has 0 aliphatic carbocycles. The molecule has 0 bridgehead atoms. The van der Waals surface area contributed by atoms with Gasteiger partial charge in [-0.3, -0.25) is 4.79 Å². The lowest BCUT2D eigenvalue weighted by molar-refractivity contribution is -0.137. The second-order valence-electron chi connectivity index (χ2n) is 3.59. The van der Waals surface area contributed by atoms with Crippen LogP contribution in [0.2, 0.25) is 0 Å². The first-order valence-electron chi connectivity index (χ1n) is 5.34. The van der Waals surface area contributed by atoms with E-state index in [-0.39, 0.29) is 6.42 Å². The van der Waals surface area contributed by atoms with Crippen molar-refractivity contribution in [2.24, 2.45) is 5.73 Å². The van der Waals surface area contributed by atoms with Crippen molar-refractivity contribution in [3.63, 3.8) is 0 Å². The first-order chi connectivity index (χ1) is 7.65. The molecule has 16 heavy (non-hydrogen) atoms. The summed E-state index contributed by atoms with van der Waals surface area (Å²) in [5, 5.41) is 8.69. The minimum absolute atomic E-state index is 0.0908. The predicted octanol–water partition coefficient (Wildman–Crippen LogP) is 1.95. The lowest BCUT2D eigenvalue weighted by Gasteiger charge is -2.15. The molecule has 4 nitrogen and oxygen atoms in total. The summed E-state index contributed by atoms with van der Waals surface area (Å²) in [6.07, 6.45) is 0.814. The summed E-state index contributed by atoms with van der Waals surface area (Å²) < 4.78 is 5.52. The van der Waals surface area contributed by atoms with Crippen molar-refractivity contribution < 1.29 is 14.6 Å². The van der Waals surface area contributed by atoms with Crippen molar-refractivity contribution in [1.82, 2.24) is 0 Å².